The van der Waals surface area contributed by atoms with E-state index in [1.54, 1.807) is 0 Å². The molecule has 0 aliphatic carbocycles. The molecule has 1 N–H and O–H groups in total. The zero-order valence-corrected chi connectivity index (χ0v) is 10.3. The summed E-state index contributed by atoms with van der Waals surface area (Å²) in [5, 5.41) is 3.40. The number of nitrogens with zero attached hydrogens (tertiary/aromatic N) is 1. The summed E-state index contributed by atoms with van der Waals surface area (Å²) >= 11 is 0. The maximum atomic E-state index is 12.4. The molecule has 88 valence electrons. The van der Waals surface area contributed by atoms with Gasteiger partial charge in [0.15, 0.2) is 0 Å². The van der Waals surface area contributed by atoms with Gasteiger partial charge in [0.05, 0.1) is 5.54 Å². The van der Waals surface area contributed by atoms with Gasteiger partial charge in [-0.3, -0.25) is 4.79 Å². The number of likely N-dealkylation sites (N-methyl/N-ethyl adjacent to an activating group) is 1. The van der Waals surface area contributed by atoms with Crippen LogP contribution >= 0.6 is 0 Å². The Kier molecular flexibility index (Phi) is 4.58. The summed E-state index contributed by atoms with van der Waals surface area (Å²) in [6.07, 6.45) is 4.08. The molecule has 0 spiro atoms. The Morgan fingerprint density at radius 1 is 1.40 bits per heavy atom. The highest BCUT2D eigenvalue weighted by molar-refractivity contribution is 5.86. The van der Waals surface area contributed by atoms with Crippen LogP contribution in [0.25, 0.3) is 0 Å². The molecule has 15 heavy (non-hydrogen) atoms. The Bertz CT molecular complexity index is 210. The van der Waals surface area contributed by atoms with Crippen LogP contribution in [-0.2, 0) is 4.79 Å². The summed E-state index contributed by atoms with van der Waals surface area (Å²) in [7, 11) is 0. The van der Waals surface area contributed by atoms with Crippen molar-refractivity contribution in [3.63, 3.8) is 0 Å². The SMILES string of the molecule is CCCN(CC)C(=O)C1(CC)CCCN1. The van der Waals surface area contributed by atoms with Crippen LogP contribution in [0, 0.1) is 0 Å². The van der Waals surface area contributed by atoms with Crippen LogP contribution in [0.1, 0.15) is 46.5 Å². The predicted octanol–water partition coefficient (Wildman–Crippen LogP) is 1.78. The summed E-state index contributed by atoms with van der Waals surface area (Å²) in [4.78, 5) is 14.4. The molecule has 0 aromatic carbocycles. The van der Waals surface area contributed by atoms with E-state index in [1.165, 1.54) is 0 Å². The van der Waals surface area contributed by atoms with Crippen molar-refractivity contribution in [2.75, 3.05) is 19.6 Å². The Balaban J connectivity index is 2.70. The van der Waals surface area contributed by atoms with Crippen molar-refractivity contribution in [2.45, 2.75) is 52.0 Å². The van der Waals surface area contributed by atoms with Gasteiger partial charge in [-0.2, -0.15) is 0 Å². The van der Waals surface area contributed by atoms with Crippen LogP contribution in [0.5, 0.6) is 0 Å². The lowest BCUT2D eigenvalue weighted by atomic mass is 9.92. The number of hydrogen-bond acceptors (Lipinski definition) is 2. The second-order valence-corrected chi connectivity index (χ2v) is 4.35. The number of amides is 1. The summed E-state index contributed by atoms with van der Waals surface area (Å²) in [5.41, 5.74) is -0.245. The van der Waals surface area contributed by atoms with E-state index in [4.69, 9.17) is 0 Å². The topological polar surface area (TPSA) is 32.3 Å². The van der Waals surface area contributed by atoms with E-state index in [0.29, 0.717) is 5.91 Å². The molecule has 1 rings (SSSR count). The van der Waals surface area contributed by atoms with Crippen molar-refractivity contribution in [1.29, 1.82) is 0 Å². The zero-order valence-electron chi connectivity index (χ0n) is 10.3. The molecular weight excluding hydrogens is 188 g/mol. The van der Waals surface area contributed by atoms with Crippen LogP contribution < -0.4 is 5.32 Å². The Morgan fingerprint density at radius 2 is 2.13 bits per heavy atom. The van der Waals surface area contributed by atoms with E-state index in [9.17, 15) is 4.79 Å². The quantitative estimate of drug-likeness (QED) is 0.753. The van der Waals surface area contributed by atoms with Gasteiger partial charge in [0, 0.05) is 13.1 Å². The van der Waals surface area contributed by atoms with Gasteiger partial charge in [0.25, 0.3) is 0 Å². The Hall–Kier alpha value is -0.570. The van der Waals surface area contributed by atoms with Crippen LogP contribution in [-0.4, -0.2) is 36.0 Å². The van der Waals surface area contributed by atoms with Crippen LogP contribution in [0.3, 0.4) is 0 Å². The minimum atomic E-state index is -0.245. The first kappa shape index (κ1) is 12.5. The van der Waals surface area contributed by atoms with E-state index in [2.05, 4.69) is 26.1 Å². The minimum Gasteiger partial charge on any atom is -0.341 e. The number of carbonyl (C=O) groups is 1. The molecule has 3 nitrogen and oxygen atoms in total. The van der Waals surface area contributed by atoms with Crippen molar-refractivity contribution in [1.82, 2.24) is 10.2 Å². The molecule has 0 aromatic heterocycles. The maximum Gasteiger partial charge on any atom is 0.242 e. The first-order chi connectivity index (χ1) is 7.20. The second-order valence-electron chi connectivity index (χ2n) is 4.35. The van der Waals surface area contributed by atoms with Gasteiger partial charge in [-0.25, -0.2) is 0 Å². The molecule has 1 aliphatic heterocycles. The van der Waals surface area contributed by atoms with E-state index in [-0.39, 0.29) is 5.54 Å². The van der Waals surface area contributed by atoms with Gasteiger partial charge in [0.1, 0.15) is 0 Å². The van der Waals surface area contributed by atoms with Gasteiger partial charge < -0.3 is 10.2 Å². The molecule has 1 atom stereocenters. The van der Waals surface area contributed by atoms with Crippen molar-refractivity contribution in [2.24, 2.45) is 0 Å². The van der Waals surface area contributed by atoms with E-state index < -0.39 is 0 Å². The molecule has 0 bridgehead atoms. The maximum absolute atomic E-state index is 12.4. The lowest BCUT2D eigenvalue weighted by Crippen LogP contribution is -2.54. The van der Waals surface area contributed by atoms with Gasteiger partial charge in [-0.05, 0) is 39.2 Å². The average Bonchev–Trinajstić information content (AvgIpc) is 2.74. The monoisotopic (exact) mass is 212 g/mol. The normalized spacial score (nSPS) is 25.5. The molecule has 1 heterocycles. The van der Waals surface area contributed by atoms with Crippen molar-refractivity contribution >= 4 is 5.91 Å². The first-order valence-electron chi connectivity index (χ1n) is 6.24. The molecule has 1 fully saturated rings. The third-order valence-corrected chi connectivity index (χ3v) is 3.42. The lowest BCUT2D eigenvalue weighted by Gasteiger charge is -2.33. The number of rotatable bonds is 5. The fraction of sp³-hybridized carbons (Fsp3) is 0.917. The van der Waals surface area contributed by atoms with Gasteiger partial charge in [-0.1, -0.05) is 13.8 Å². The largest absolute Gasteiger partial charge is 0.341 e. The first-order valence-corrected chi connectivity index (χ1v) is 6.24. The van der Waals surface area contributed by atoms with Crippen molar-refractivity contribution in [3.05, 3.63) is 0 Å². The molecular formula is C12H24N2O. The van der Waals surface area contributed by atoms with Crippen LogP contribution in [0.4, 0.5) is 0 Å². The third-order valence-electron chi connectivity index (χ3n) is 3.42. The Morgan fingerprint density at radius 3 is 2.53 bits per heavy atom. The molecule has 1 saturated heterocycles. The molecule has 0 aromatic rings. The summed E-state index contributed by atoms with van der Waals surface area (Å²) in [5.74, 6) is 0.312. The van der Waals surface area contributed by atoms with Crippen LogP contribution in [0.15, 0.2) is 0 Å². The zero-order chi connectivity index (χ0) is 11.3. The van der Waals surface area contributed by atoms with Gasteiger partial charge >= 0.3 is 0 Å². The highest BCUT2D eigenvalue weighted by Crippen LogP contribution is 2.25. The molecule has 3 heteroatoms. The minimum absolute atomic E-state index is 0.245. The fourth-order valence-corrected chi connectivity index (χ4v) is 2.42. The third kappa shape index (κ3) is 2.51. The van der Waals surface area contributed by atoms with E-state index in [1.807, 2.05) is 4.90 Å². The smallest absolute Gasteiger partial charge is 0.242 e. The fourth-order valence-electron chi connectivity index (χ4n) is 2.42. The van der Waals surface area contributed by atoms with Crippen molar-refractivity contribution in [3.8, 4) is 0 Å². The molecule has 0 saturated carbocycles. The molecule has 0 radical (unpaired) electrons. The average molecular weight is 212 g/mol. The summed E-state index contributed by atoms with van der Waals surface area (Å²) in [6, 6.07) is 0. The van der Waals surface area contributed by atoms with Crippen molar-refractivity contribution < 1.29 is 4.79 Å². The summed E-state index contributed by atoms with van der Waals surface area (Å²) in [6.45, 7) is 9.00. The number of hydrogen-bond donors (Lipinski definition) is 1. The number of nitrogens with one attached hydrogen (secondary N) is 1. The predicted molar refractivity (Wildman–Crippen MR) is 62.8 cm³/mol. The Labute approximate surface area is 93.2 Å². The van der Waals surface area contributed by atoms with Gasteiger partial charge in [0.2, 0.25) is 5.91 Å². The molecule has 1 aliphatic rings. The molecule has 1 unspecified atom stereocenters. The molecule has 1 amide bonds. The highest BCUT2D eigenvalue weighted by Gasteiger charge is 2.41. The highest BCUT2D eigenvalue weighted by atomic mass is 16.2. The second kappa shape index (κ2) is 5.50. The standard InChI is InChI=1S/C12H24N2O/c1-4-10-14(6-3)11(15)12(5-2)8-7-9-13-12/h13H,4-10H2,1-3H3. The lowest BCUT2D eigenvalue weighted by molar-refractivity contribution is -0.137. The number of carbonyl (C=O) groups excluding carboxylic acids is 1. The van der Waals surface area contributed by atoms with Gasteiger partial charge in [-0.15, -0.1) is 0 Å². The summed E-state index contributed by atoms with van der Waals surface area (Å²) < 4.78 is 0. The van der Waals surface area contributed by atoms with Crippen LogP contribution in [0.2, 0.25) is 0 Å². The van der Waals surface area contributed by atoms with E-state index >= 15 is 0 Å². The van der Waals surface area contributed by atoms with E-state index in [0.717, 1.165) is 45.3 Å².